The molecule has 1 aliphatic heterocycles. The van der Waals surface area contributed by atoms with Crippen LogP contribution in [0.15, 0.2) is 18.3 Å². The van der Waals surface area contributed by atoms with Gasteiger partial charge in [0, 0.05) is 20.3 Å². The summed E-state index contributed by atoms with van der Waals surface area (Å²) in [5.41, 5.74) is -2.38. The summed E-state index contributed by atoms with van der Waals surface area (Å²) in [4.78, 5) is 17.2. The van der Waals surface area contributed by atoms with Crippen molar-refractivity contribution in [3.63, 3.8) is 0 Å². The molecule has 0 radical (unpaired) electrons. The number of pyridine rings is 1. The van der Waals surface area contributed by atoms with Gasteiger partial charge in [0.15, 0.2) is 11.4 Å². The fraction of sp³-hybridized carbons (Fsp3) is 0.538. The van der Waals surface area contributed by atoms with Crippen molar-refractivity contribution < 1.29 is 42.6 Å². The van der Waals surface area contributed by atoms with E-state index in [0.29, 0.717) is 0 Å². The minimum atomic E-state index is -4.91. The summed E-state index contributed by atoms with van der Waals surface area (Å²) >= 11 is 0. The first-order chi connectivity index (χ1) is 11.5. The summed E-state index contributed by atoms with van der Waals surface area (Å²) in [6.07, 6.45) is -6.39. The molecule has 0 aliphatic carbocycles. The first kappa shape index (κ1) is 19.5. The number of aliphatic hydroxyl groups is 3. The molecule has 25 heavy (non-hydrogen) atoms. The summed E-state index contributed by atoms with van der Waals surface area (Å²) < 4.78 is 41.8. The van der Waals surface area contributed by atoms with Crippen molar-refractivity contribution in [2.24, 2.45) is 0 Å². The Morgan fingerprint density at radius 3 is 2.44 bits per heavy atom. The van der Waals surface area contributed by atoms with Crippen molar-refractivity contribution in [3.8, 4) is 5.75 Å². The maximum Gasteiger partial charge on any atom is 0.295 e. The highest BCUT2D eigenvalue weighted by atomic mass is 32.2. The van der Waals surface area contributed by atoms with Crippen LogP contribution < -0.4 is 4.74 Å². The summed E-state index contributed by atoms with van der Waals surface area (Å²) in [6, 6.07) is 2.74. The fourth-order valence-corrected chi connectivity index (χ4v) is 2.91. The summed E-state index contributed by atoms with van der Waals surface area (Å²) in [5, 5.41) is 29.3. The van der Waals surface area contributed by atoms with Gasteiger partial charge >= 0.3 is 0 Å². The smallest absolute Gasteiger partial charge is 0.295 e. The lowest BCUT2D eigenvalue weighted by Gasteiger charge is -2.38. The molecule has 140 valence electrons. The highest BCUT2D eigenvalue weighted by Crippen LogP contribution is 2.27. The minimum absolute atomic E-state index is 0.146. The number of amides is 1. The molecule has 0 bridgehead atoms. The van der Waals surface area contributed by atoms with Crippen molar-refractivity contribution in [1.82, 2.24) is 9.88 Å². The molecule has 0 spiro atoms. The molecule has 0 saturated carbocycles. The predicted molar refractivity (Wildman–Crippen MR) is 81.1 cm³/mol. The second-order valence-electron chi connectivity index (χ2n) is 5.53. The van der Waals surface area contributed by atoms with E-state index in [1.165, 1.54) is 37.3 Å². The minimum Gasteiger partial charge on any atom is -0.459 e. The summed E-state index contributed by atoms with van der Waals surface area (Å²) in [6.45, 7) is 0. The SMILES string of the molecule is CN(C)C(=O)c1ncccc1O[C@@H]1OC(S(=O)(=O)O)[C@@H](O)[C@H](O)[C@H]1O. The Morgan fingerprint density at radius 1 is 1.24 bits per heavy atom. The third-order valence-electron chi connectivity index (χ3n) is 3.44. The molecule has 1 aromatic heterocycles. The van der Waals surface area contributed by atoms with Crippen LogP contribution in [-0.4, -0.2) is 88.2 Å². The molecule has 2 heterocycles. The number of nitrogens with zero attached hydrogens (tertiary/aromatic N) is 2. The fourth-order valence-electron chi connectivity index (χ4n) is 2.14. The monoisotopic (exact) mass is 378 g/mol. The first-order valence-corrected chi connectivity index (χ1v) is 8.53. The van der Waals surface area contributed by atoms with Gasteiger partial charge in [-0.2, -0.15) is 8.42 Å². The van der Waals surface area contributed by atoms with Gasteiger partial charge < -0.3 is 29.7 Å². The number of hydrogen-bond donors (Lipinski definition) is 4. The quantitative estimate of drug-likeness (QED) is 0.423. The molecule has 12 heteroatoms. The lowest BCUT2D eigenvalue weighted by atomic mass is 10.1. The standard InChI is InChI=1S/C13H18N2O9S/c1-15(2)11(19)7-6(4-3-5-14-7)23-12-9(17)8(16)10(18)13(24-12)25(20,21)22/h3-5,8-10,12-13,16-18H,1-2H3,(H,20,21,22)/t8-,9-,10+,12-,13?/m1/s1. The molecule has 4 N–H and O–H groups in total. The highest BCUT2D eigenvalue weighted by Gasteiger charge is 2.50. The van der Waals surface area contributed by atoms with Crippen LogP contribution in [0.1, 0.15) is 10.5 Å². The van der Waals surface area contributed by atoms with Crippen LogP contribution in [0.3, 0.4) is 0 Å². The maximum atomic E-state index is 12.1. The zero-order valence-electron chi connectivity index (χ0n) is 13.3. The molecule has 5 atom stereocenters. The molecule has 1 amide bonds. The Balaban J connectivity index is 2.32. The predicted octanol–water partition coefficient (Wildman–Crippen LogP) is -2.18. The van der Waals surface area contributed by atoms with Gasteiger partial charge in [0.05, 0.1) is 0 Å². The number of rotatable bonds is 4. The summed E-state index contributed by atoms with van der Waals surface area (Å²) in [7, 11) is -1.96. The van der Waals surface area contributed by atoms with Gasteiger partial charge in [-0.3, -0.25) is 9.35 Å². The molecule has 2 rings (SSSR count). The number of aliphatic hydroxyl groups excluding tert-OH is 3. The third-order valence-corrected chi connectivity index (χ3v) is 4.42. The lowest BCUT2D eigenvalue weighted by molar-refractivity contribution is -0.254. The molecule has 11 nitrogen and oxygen atoms in total. The van der Waals surface area contributed by atoms with Crippen molar-refractivity contribution in [1.29, 1.82) is 0 Å². The van der Waals surface area contributed by atoms with Crippen LogP contribution in [0, 0.1) is 0 Å². The van der Waals surface area contributed by atoms with Gasteiger partial charge in [0.2, 0.25) is 11.7 Å². The van der Waals surface area contributed by atoms with Gasteiger partial charge in [-0.05, 0) is 12.1 Å². The van der Waals surface area contributed by atoms with Crippen LogP contribution in [0.2, 0.25) is 0 Å². The van der Waals surface area contributed by atoms with Crippen LogP contribution in [0.4, 0.5) is 0 Å². The van der Waals surface area contributed by atoms with E-state index in [-0.39, 0.29) is 11.4 Å². The largest absolute Gasteiger partial charge is 0.459 e. The van der Waals surface area contributed by atoms with E-state index in [1.54, 1.807) is 0 Å². The summed E-state index contributed by atoms with van der Waals surface area (Å²) in [5.74, 6) is -0.685. The Bertz CT molecular complexity index is 739. The van der Waals surface area contributed by atoms with Gasteiger partial charge in [-0.1, -0.05) is 0 Å². The van der Waals surface area contributed by atoms with Crippen molar-refractivity contribution in [2.45, 2.75) is 30.0 Å². The zero-order chi connectivity index (χ0) is 18.9. The Hall–Kier alpha value is -1.83. The molecule has 0 aromatic carbocycles. The number of ether oxygens (including phenoxy) is 2. The molecular weight excluding hydrogens is 360 g/mol. The second kappa shape index (κ2) is 7.19. The Kier molecular flexibility index (Phi) is 5.61. The Morgan fingerprint density at radius 2 is 1.88 bits per heavy atom. The Labute approximate surface area is 143 Å². The van der Waals surface area contributed by atoms with Crippen LogP contribution in [0.5, 0.6) is 5.75 Å². The van der Waals surface area contributed by atoms with Crippen LogP contribution in [0.25, 0.3) is 0 Å². The topological polar surface area (TPSA) is 167 Å². The van der Waals surface area contributed by atoms with Crippen LogP contribution >= 0.6 is 0 Å². The van der Waals surface area contributed by atoms with E-state index >= 15 is 0 Å². The van der Waals surface area contributed by atoms with Crippen molar-refractivity contribution >= 4 is 16.0 Å². The zero-order valence-corrected chi connectivity index (χ0v) is 14.1. The van der Waals surface area contributed by atoms with E-state index in [1.807, 2.05) is 0 Å². The van der Waals surface area contributed by atoms with E-state index in [0.717, 1.165) is 0 Å². The van der Waals surface area contributed by atoms with Crippen molar-refractivity contribution in [3.05, 3.63) is 24.0 Å². The number of aromatic nitrogens is 1. The average molecular weight is 378 g/mol. The highest BCUT2D eigenvalue weighted by molar-refractivity contribution is 7.86. The lowest BCUT2D eigenvalue weighted by Crippen LogP contribution is -2.61. The van der Waals surface area contributed by atoms with E-state index in [9.17, 15) is 28.5 Å². The molecule has 1 aromatic rings. The normalized spacial score (nSPS) is 29.9. The molecular formula is C13H18N2O9S. The number of hydrogen-bond acceptors (Lipinski definition) is 9. The van der Waals surface area contributed by atoms with Gasteiger partial charge in [-0.15, -0.1) is 0 Å². The number of carbonyl (C=O) groups is 1. The molecule has 1 unspecified atom stereocenters. The molecule has 1 aliphatic rings. The van der Waals surface area contributed by atoms with Crippen molar-refractivity contribution in [2.75, 3.05) is 14.1 Å². The molecule has 1 fully saturated rings. The maximum absolute atomic E-state index is 12.1. The van der Waals surface area contributed by atoms with Gasteiger partial charge in [-0.25, -0.2) is 4.98 Å². The van der Waals surface area contributed by atoms with Gasteiger partial charge in [0.25, 0.3) is 16.0 Å². The third kappa shape index (κ3) is 4.05. The van der Waals surface area contributed by atoms with Crippen LogP contribution in [-0.2, 0) is 14.9 Å². The number of carbonyl (C=O) groups excluding carboxylic acids is 1. The van der Waals surface area contributed by atoms with Gasteiger partial charge in [0.1, 0.15) is 18.3 Å². The first-order valence-electron chi connectivity index (χ1n) is 7.03. The molecule has 1 saturated heterocycles. The average Bonchev–Trinajstić information content (AvgIpc) is 2.53. The van der Waals surface area contributed by atoms with E-state index in [2.05, 4.69) is 4.98 Å². The van der Waals surface area contributed by atoms with E-state index < -0.39 is 46.1 Å². The van der Waals surface area contributed by atoms with E-state index in [4.69, 9.17) is 14.0 Å². The second-order valence-corrected chi connectivity index (χ2v) is 7.02.